The SMILES string of the molecule is C/C=C/CN1CCC(C)(O)C1. The topological polar surface area (TPSA) is 23.5 Å². The molecule has 2 heteroatoms. The van der Waals surface area contributed by atoms with Crippen molar-refractivity contribution >= 4 is 0 Å². The zero-order valence-electron chi connectivity index (χ0n) is 7.38. The molecule has 64 valence electrons. The third-order valence-electron chi connectivity index (χ3n) is 2.13. The fourth-order valence-electron chi connectivity index (χ4n) is 1.45. The molecule has 1 atom stereocenters. The summed E-state index contributed by atoms with van der Waals surface area (Å²) in [4.78, 5) is 2.26. The van der Waals surface area contributed by atoms with Crippen LogP contribution in [0.4, 0.5) is 0 Å². The van der Waals surface area contributed by atoms with Gasteiger partial charge in [-0.1, -0.05) is 12.2 Å². The summed E-state index contributed by atoms with van der Waals surface area (Å²) in [5, 5.41) is 9.60. The molecule has 1 heterocycles. The molecular weight excluding hydrogens is 138 g/mol. The van der Waals surface area contributed by atoms with E-state index in [-0.39, 0.29) is 0 Å². The molecule has 1 rings (SSSR count). The Morgan fingerprint density at radius 1 is 1.64 bits per heavy atom. The minimum absolute atomic E-state index is 0.443. The molecule has 11 heavy (non-hydrogen) atoms. The second-order valence-electron chi connectivity index (χ2n) is 3.55. The number of β-amino-alcohol motifs (C(OH)–C–C–N with tert-alkyl or cyclic N) is 1. The average molecular weight is 155 g/mol. The number of hydrogen-bond donors (Lipinski definition) is 1. The Morgan fingerprint density at radius 3 is 2.82 bits per heavy atom. The third kappa shape index (κ3) is 2.64. The van der Waals surface area contributed by atoms with Crippen molar-refractivity contribution in [2.45, 2.75) is 25.9 Å². The van der Waals surface area contributed by atoms with Crippen LogP contribution in [0, 0.1) is 0 Å². The second-order valence-corrected chi connectivity index (χ2v) is 3.55. The number of likely N-dealkylation sites (tertiary alicyclic amines) is 1. The van der Waals surface area contributed by atoms with Crippen molar-refractivity contribution in [3.63, 3.8) is 0 Å². The molecule has 1 unspecified atom stereocenters. The normalized spacial score (nSPS) is 33.7. The van der Waals surface area contributed by atoms with Crippen LogP contribution < -0.4 is 0 Å². The smallest absolute Gasteiger partial charge is 0.0758 e. The van der Waals surface area contributed by atoms with Crippen LogP contribution in [0.5, 0.6) is 0 Å². The summed E-state index contributed by atoms with van der Waals surface area (Å²) in [5.41, 5.74) is -0.443. The van der Waals surface area contributed by atoms with Gasteiger partial charge in [-0.25, -0.2) is 0 Å². The molecule has 1 saturated heterocycles. The fraction of sp³-hybridized carbons (Fsp3) is 0.778. The first-order valence-electron chi connectivity index (χ1n) is 4.20. The van der Waals surface area contributed by atoms with Gasteiger partial charge in [-0.05, 0) is 20.3 Å². The van der Waals surface area contributed by atoms with Gasteiger partial charge in [-0.2, -0.15) is 0 Å². The lowest BCUT2D eigenvalue weighted by Gasteiger charge is -2.16. The molecule has 0 aromatic rings. The minimum atomic E-state index is -0.443. The monoisotopic (exact) mass is 155 g/mol. The zero-order chi connectivity index (χ0) is 8.32. The summed E-state index contributed by atoms with van der Waals surface area (Å²) in [5.74, 6) is 0. The van der Waals surface area contributed by atoms with E-state index in [0.29, 0.717) is 0 Å². The Bertz CT molecular complexity index is 152. The van der Waals surface area contributed by atoms with Gasteiger partial charge in [-0.15, -0.1) is 0 Å². The maximum absolute atomic E-state index is 9.60. The van der Waals surface area contributed by atoms with E-state index in [0.717, 1.165) is 26.1 Å². The summed E-state index contributed by atoms with van der Waals surface area (Å²) in [6.07, 6.45) is 5.08. The first kappa shape index (κ1) is 8.75. The molecule has 0 spiro atoms. The highest BCUT2D eigenvalue weighted by molar-refractivity contribution is 4.90. The first-order chi connectivity index (χ1) is 5.14. The molecule has 0 amide bonds. The Balaban J connectivity index is 2.30. The summed E-state index contributed by atoms with van der Waals surface area (Å²) in [6.45, 7) is 6.75. The molecule has 0 bridgehead atoms. The fourth-order valence-corrected chi connectivity index (χ4v) is 1.45. The average Bonchev–Trinajstić information content (AvgIpc) is 2.26. The largest absolute Gasteiger partial charge is 0.389 e. The highest BCUT2D eigenvalue weighted by Gasteiger charge is 2.30. The van der Waals surface area contributed by atoms with Crippen molar-refractivity contribution in [3.8, 4) is 0 Å². The Kier molecular flexibility index (Phi) is 2.68. The predicted octanol–water partition coefficient (Wildman–Crippen LogP) is 1.02. The van der Waals surface area contributed by atoms with Gasteiger partial charge in [0.25, 0.3) is 0 Å². The van der Waals surface area contributed by atoms with Crippen LogP contribution in [-0.4, -0.2) is 35.2 Å². The molecule has 0 aromatic carbocycles. The van der Waals surface area contributed by atoms with Crippen molar-refractivity contribution in [1.82, 2.24) is 4.90 Å². The third-order valence-corrected chi connectivity index (χ3v) is 2.13. The van der Waals surface area contributed by atoms with E-state index in [9.17, 15) is 5.11 Å². The highest BCUT2D eigenvalue weighted by atomic mass is 16.3. The molecule has 0 radical (unpaired) electrons. The van der Waals surface area contributed by atoms with Crippen LogP contribution in [0.3, 0.4) is 0 Å². The van der Waals surface area contributed by atoms with Gasteiger partial charge in [0.2, 0.25) is 0 Å². The van der Waals surface area contributed by atoms with Crippen molar-refractivity contribution < 1.29 is 5.11 Å². The van der Waals surface area contributed by atoms with Crippen molar-refractivity contribution in [2.75, 3.05) is 19.6 Å². The molecule has 1 aliphatic rings. The summed E-state index contributed by atoms with van der Waals surface area (Å²) < 4.78 is 0. The van der Waals surface area contributed by atoms with E-state index in [2.05, 4.69) is 11.0 Å². The maximum atomic E-state index is 9.60. The van der Waals surface area contributed by atoms with Crippen molar-refractivity contribution in [2.24, 2.45) is 0 Å². The van der Waals surface area contributed by atoms with Gasteiger partial charge in [-0.3, -0.25) is 4.90 Å². The van der Waals surface area contributed by atoms with Crippen LogP contribution in [0.1, 0.15) is 20.3 Å². The van der Waals surface area contributed by atoms with E-state index in [1.807, 2.05) is 19.9 Å². The number of rotatable bonds is 2. The van der Waals surface area contributed by atoms with Crippen LogP contribution in [-0.2, 0) is 0 Å². The molecule has 2 nitrogen and oxygen atoms in total. The van der Waals surface area contributed by atoms with Crippen LogP contribution in [0.2, 0.25) is 0 Å². The van der Waals surface area contributed by atoms with Gasteiger partial charge in [0.05, 0.1) is 5.60 Å². The minimum Gasteiger partial charge on any atom is -0.389 e. The van der Waals surface area contributed by atoms with Crippen LogP contribution in [0.15, 0.2) is 12.2 Å². The van der Waals surface area contributed by atoms with E-state index in [4.69, 9.17) is 0 Å². The Labute approximate surface area is 68.5 Å². The van der Waals surface area contributed by atoms with Crippen LogP contribution in [0.25, 0.3) is 0 Å². The number of nitrogens with zero attached hydrogens (tertiary/aromatic N) is 1. The zero-order valence-corrected chi connectivity index (χ0v) is 7.38. The van der Waals surface area contributed by atoms with Crippen LogP contribution >= 0.6 is 0 Å². The summed E-state index contributed by atoms with van der Waals surface area (Å²) >= 11 is 0. The predicted molar refractivity (Wildman–Crippen MR) is 46.5 cm³/mol. The van der Waals surface area contributed by atoms with E-state index < -0.39 is 5.60 Å². The van der Waals surface area contributed by atoms with Crippen molar-refractivity contribution in [3.05, 3.63) is 12.2 Å². The van der Waals surface area contributed by atoms with Gasteiger partial charge >= 0.3 is 0 Å². The summed E-state index contributed by atoms with van der Waals surface area (Å²) in [7, 11) is 0. The second kappa shape index (κ2) is 3.37. The maximum Gasteiger partial charge on any atom is 0.0758 e. The molecule has 0 aliphatic carbocycles. The highest BCUT2D eigenvalue weighted by Crippen LogP contribution is 2.19. The van der Waals surface area contributed by atoms with Crippen molar-refractivity contribution in [1.29, 1.82) is 0 Å². The van der Waals surface area contributed by atoms with Gasteiger partial charge in [0.1, 0.15) is 0 Å². The number of aliphatic hydroxyl groups is 1. The first-order valence-corrected chi connectivity index (χ1v) is 4.20. The molecule has 1 N–H and O–H groups in total. The lowest BCUT2D eigenvalue weighted by molar-refractivity contribution is 0.0702. The molecule has 0 aromatic heterocycles. The van der Waals surface area contributed by atoms with E-state index in [1.54, 1.807) is 0 Å². The van der Waals surface area contributed by atoms with Gasteiger partial charge in [0.15, 0.2) is 0 Å². The Hall–Kier alpha value is -0.340. The standard InChI is InChI=1S/C9H17NO/c1-3-4-6-10-7-5-9(2,11)8-10/h3-4,11H,5-8H2,1-2H3/b4-3+. The molecule has 1 aliphatic heterocycles. The molecule has 0 saturated carbocycles. The van der Waals surface area contributed by atoms with Gasteiger partial charge < -0.3 is 5.11 Å². The molecular formula is C9H17NO. The lowest BCUT2D eigenvalue weighted by atomic mass is 10.1. The summed E-state index contributed by atoms with van der Waals surface area (Å²) in [6, 6.07) is 0. The lowest BCUT2D eigenvalue weighted by Crippen LogP contribution is -2.29. The van der Waals surface area contributed by atoms with E-state index in [1.165, 1.54) is 0 Å². The Morgan fingerprint density at radius 2 is 2.36 bits per heavy atom. The molecule has 1 fully saturated rings. The van der Waals surface area contributed by atoms with Gasteiger partial charge in [0, 0.05) is 19.6 Å². The quantitative estimate of drug-likeness (QED) is 0.602. The van der Waals surface area contributed by atoms with E-state index >= 15 is 0 Å². The number of hydrogen-bond acceptors (Lipinski definition) is 2. The number of allylic oxidation sites excluding steroid dienone is 1.